The zero-order valence-corrected chi connectivity index (χ0v) is 11.9. The van der Waals surface area contributed by atoms with Gasteiger partial charge in [-0.05, 0) is 34.5 Å². The molecule has 96 valence electrons. The molecule has 0 aliphatic carbocycles. The normalized spacial score (nSPS) is 10.4. The van der Waals surface area contributed by atoms with Gasteiger partial charge in [-0.3, -0.25) is 0 Å². The minimum absolute atomic E-state index is 0.261. The van der Waals surface area contributed by atoms with Crippen LogP contribution in [0.25, 0.3) is 11.3 Å². The summed E-state index contributed by atoms with van der Waals surface area (Å²) >= 11 is 3.47. The lowest BCUT2D eigenvalue weighted by molar-refractivity contribution is 0.388. The highest BCUT2D eigenvalue weighted by atomic mass is 79.9. The van der Waals surface area contributed by atoms with Crippen LogP contribution in [0.4, 0.5) is 5.88 Å². The molecule has 0 spiro atoms. The van der Waals surface area contributed by atoms with Crippen molar-refractivity contribution in [3.8, 4) is 22.8 Å². The Morgan fingerprint density at radius 3 is 2.39 bits per heavy atom. The molecule has 0 aliphatic rings. The van der Waals surface area contributed by atoms with Crippen molar-refractivity contribution in [2.45, 2.75) is 6.92 Å². The van der Waals surface area contributed by atoms with Gasteiger partial charge in [0, 0.05) is 11.6 Å². The van der Waals surface area contributed by atoms with Crippen molar-refractivity contribution in [1.82, 2.24) is 5.16 Å². The molecule has 2 aromatic rings. The van der Waals surface area contributed by atoms with E-state index in [-0.39, 0.29) is 5.88 Å². The maximum atomic E-state index is 5.53. The highest BCUT2D eigenvalue weighted by Crippen LogP contribution is 2.44. The molecule has 6 heteroatoms. The number of ether oxygens (including phenoxy) is 2. The second-order valence-corrected chi connectivity index (χ2v) is 4.53. The van der Waals surface area contributed by atoms with Gasteiger partial charge in [-0.2, -0.15) is 0 Å². The zero-order chi connectivity index (χ0) is 13.3. The van der Waals surface area contributed by atoms with E-state index < -0.39 is 0 Å². The van der Waals surface area contributed by atoms with Crippen LogP contribution in [0.5, 0.6) is 11.5 Å². The van der Waals surface area contributed by atoms with Gasteiger partial charge in [0.15, 0.2) is 0 Å². The van der Waals surface area contributed by atoms with Crippen LogP contribution in [0, 0.1) is 6.92 Å². The number of benzene rings is 1. The number of halogens is 1. The molecule has 1 aromatic heterocycles. The number of aromatic nitrogens is 1. The molecule has 1 heterocycles. The summed E-state index contributed by atoms with van der Waals surface area (Å²) < 4.78 is 16.3. The summed E-state index contributed by atoms with van der Waals surface area (Å²) in [6.07, 6.45) is 0. The number of hydrogen-bond donors (Lipinski definition) is 1. The molecule has 0 unspecified atom stereocenters. The van der Waals surface area contributed by atoms with Crippen molar-refractivity contribution in [3.05, 3.63) is 22.2 Å². The fraction of sp³-hybridized carbons (Fsp3) is 0.250. The van der Waals surface area contributed by atoms with Crippen molar-refractivity contribution in [2.24, 2.45) is 0 Å². The molecule has 2 rings (SSSR count). The predicted octanol–water partition coefficient (Wildman–Crippen LogP) is 3.01. The Morgan fingerprint density at radius 1 is 1.22 bits per heavy atom. The van der Waals surface area contributed by atoms with E-state index in [0.717, 1.165) is 21.3 Å². The van der Waals surface area contributed by atoms with Crippen molar-refractivity contribution < 1.29 is 14.0 Å². The van der Waals surface area contributed by atoms with Gasteiger partial charge in [-0.1, -0.05) is 5.16 Å². The smallest absolute Gasteiger partial charge is 0.222 e. The first-order valence-corrected chi connectivity index (χ1v) is 6.01. The van der Waals surface area contributed by atoms with Crippen LogP contribution < -0.4 is 15.2 Å². The monoisotopic (exact) mass is 312 g/mol. The molecular weight excluding hydrogens is 300 g/mol. The summed E-state index contributed by atoms with van der Waals surface area (Å²) in [6, 6.07) is 3.57. The van der Waals surface area contributed by atoms with Gasteiger partial charge in [0.05, 0.1) is 14.2 Å². The third kappa shape index (κ3) is 2.03. The van der Waals surface area contributed by atoms with Crippen LogP contribution in [0.1, 0.15) is 5.56 Å². The van der Waals surface area contributed by atoms with Gasteiger partial charge < -0.3 is 19.7 Å². The Balaban J connectivity index is 2.68. The van der Waals surface area contributed by atoms with Gasteiger partial charge in [0.1, 0.15) is 21.7 Å². The Bertz CT molecular complexity index is 581. The average Bonchev–Trinajstić information content (AvgIpc) is 2.75. The lowest BCUT2D eigenvalue weighted by Gasteiger charge is -2.14. The first-order chi connectivity index (χ1) is 8.58. The summed E-state index contributed by atoms with van der Waals surface area (Å²) in [5.74, 6) is 1.62. The molecule has 0 amide bonds. The lowest BCUT2D eigenvalue weighted by atomic mass is 10.1. The third-order valence-corrected chi connectivity index (χ3v) is 3.30. The van der Waals surface area contributed by atoms with E-state index in [1.165, 1.54) is 0 Å². The number of rotatable bonds is 3. The number of nitrogen functional groups attached to an aromatic ring is 1. The van der Waals surface area contributed by atoms with Crippen molar-refractivity contribution in [3.63, 3.8) is 0 Å². The largest absolute Gasteiger partial charge is 0.495 e. The second-order valence-electron chi connectivity index (χ2n) is 3.74. The summed E-state index contributed by atoms with van der Waals surface area (Å²) in [5.41, 5.74) is 7.91. The van der Waals surface area contributed by atoms with Gasteiger partial charge >= 0.3 is 0 Å². The number of hydrogen-bond acceptors (Lipinski definition) is 5. The van der Waals surface area contributed by atoms with E-state index in [4.69, 9.17) is 19.7 Å². The molecular formula is C12H13BrN2O3. The molecule has 18 heavy (non-hydrogen) atoms. The molecule has 5 nitrogen and oxygen atoms in total. The molecule has 2 N–H and O–H groups in total. The lowest BCUT2D eigenvalue weighted by Crippen LogP contribution is -1.96. The zero-order valence-electron chi connectivity index (χ0n) is 10.3. The second kappa shape index (κ2) is 4.89. The Labute approximate surface area is 113 Å². The van der Waals surface area contributed by atoms with E-state index in [9.17, 15) is 0 Å². The van der Waals surface area contributed by atoms with E-state index in [1.807, 2.05) is 13.0 Å². The average molecular weight is 313 g/mol. The van der Waals surface area contributed by atoms with E-state index in [1.54, 1.807) is 20.3 Å². The Kier molecular flexibility index (Phi) is 3.47. The molecule has 0 saturated carbocycles. The SMILES string of the molecule is COc1c(C)cc(-c2cc(N)on2)c(OC)c1Br. The first-order valence-electron chi connectivity index (χ1n) is 5.22. The number of nitrogens with two attached hydrogens (primary N) is 1. The molecule has 0 aliphatic heterocycles. The van der Waals surface area contributed by atoms with Gasteiger partial charge in [0.2, 0.25) is 5.88 Å². The number of nitrogens with zero attached hydrogens (tertiary/aromatic N) is 1. The summed E-state index contributed by atoms with van der Waals surface area (Å²) in [7, 11) is 3.20. The number of anilines is 1. The highest BCUT2D eigenvalue weighted by molar-refractivity contribution is 9.10. The molecule has 0 radical (unpaired) electrons. The Hall–Kier alpha value is -1.69. The van der Waals surface area contributed by atoms with Crippen LogP contribution in [-0.2, 0) is 0 Å². The minimum atomic E-state index is 0.261. The van der Waals surface area contributed by atoms with Gasteiger partial charge in [-0.15, -0.1) is 0 Å². The topological polar surface area (TPSA) is 70.5 Å². The number of aryl methyl sites for hydroxylation is 1. The fourth-order valence-corrected chi connectivity index (χ4v) is 2.65. The van der Waals surface area contributed by atoms with E-state index >= 15 is 0 Å². The van der Waals surface area contributed by atoms with Gasteiger partial charge in [0.25, 0.3) is 0 Å². The van der Waals surface area contributed by atoms with Crippen molar-refractivity contribution in [2.75, 3.05) is 20.0 Å². The molecule has 0 fully saturated rings. The first kappa shape index (κ1) is 12.8. The maximum Gasteiger partial charge on any atom is 0.222 e. The van der Waals surface area contributed by atoms with Crippen LogP contribution in [0.2, 0.25) is 0 Å². The maximum absolute atomic E-state index is 5.53. The fourth-order valence-electron chi connectivity index (χ4n) is 1.80. The van der Waals surface area contributed by atoms with E-state index in [2.05, 4.69) is 21.1 Å². The minimum Gasteiger partial charge on any atom is -0.495 e. The Morgan fingerprint density at radius 2 is 1.89 bits per heavy atom. The molecule has 0 bridgehead atoms. The quantitative estimate of drug-likeness (QED) is 0.943. The van der Waals surface area contributed by atoms with Crippen LogP contribution >= 0.6 is 15.9 Å². The molecule has 1 aromatic carbocycles. The summed E-state index contributed by atoms with van der Waals surface area (Å²) in [5, 5.41) is 3.89. The van der Waals surface area contributed by atoms with Crippen LogP contribution in [-0.4, -0.2) is 19.4 Å². The van der Waals surface area contributed by atoms with Crippen molar-refractivity contribution >= 4 is 21.8 Å². The highest BCUT2D eigenvalue weighted by Gasteiger charge is 2.19. The van der Waals surface area contributed by atoms with E-state index in [0.29, 0.717) is 11.4 Å². The standard InChI is InChI=1S/C12H13BrN2O3/c1-6-4-7(8-5-9(14)18-15-8)12(17-3)10(13)11(6)16-2/h4-5H,14H2,1-3H3. The third-order valence-electron chi connectivity index (χ3n) is 2.57. The molecule has 0 saturated heterocycles. The molecule has 0 atom stereocenters. The van der Waals surface area contributed by atoms with Crippen molar-refractivity contribution in [1.29, 1.82) is 0 Å². The summed E-state index contributed by atoms with van der Waals surface area (Å²) in [4.78, 5) is 0. The van der Waals surface area contributed by atoms with Gasteiger partial charge in [-0.25, -0.2) is 0 Å². The summed E-state index contributed by atoms with van der Waals surface area (Å²) in [6.45, 7) is 1.94. The van der Waals surface area contributed by atoms with Crippen LogP contribution in [0.15, 0.2) is 21.1 Å². The predicted molar refractivity (Wildman–Crippen MR) is 71.9 cm³/mol. The van der Waals surface area contributed by atoms with Crippen LogP contribution in [0.3, 0.4) is 0 Å². The number of methoxy groups -OCH3 is 2.